The molecular formula is C15H27NO3S. The van der Waals surface area contributed by atoms with Gasteiger partial charge in [-0.3, -0.25) is 4.55 Å². The van der Waals surface area contributed by atoms with Crippen LogP contribution in [0.4, 0.5) is 0 Å². The van der Waals surface area contributed by atoms with Crippen LogP contribution >= 0.6 is 0 Å². The maximum absolute atomic E-state index is 10.6. The van der Waals surface area contributed by atoms with Crippen molar-refractivity contribution in [2.24, 2.45) is 23.2 Å². The van der Waals surface area contributed by atoms with Crippen LogP contribution in [-0.2, 0) is 10.1 Å². The highest BCUT2D eigenvalue weighted by Gasteiger charge is 2.50. The zero-order chi connectivity index (χ0) is 14.2. The summed E-state index contributed by atoms with van der Waals surface area (Å²) in [6, 6.07) is 0. The molecule has 4 aliphatic carbocycles. The predicted octanol–water partition coefficient (Wildman–Crippen LogP) is 2.46. The number of hydrogen-bond acceptors (Lipinski definition) is 3. The summed E-state index contributed by atoms with van der Waals surface area (Å²) >= 11 is 0. The summed E-state index contributed by atoms with van der Waals surface area (Å²) in [5, 5.41) is 3.36. The van der Waals surface area contributed by atoms with E-state index in [1.807, 2.05) is 0 Å². The van der Waals surface area contributed by atoms with Gasteiger partial charge in [0.2, 0.25) is 0 Å². The highest BCUT2D eigenvalue weighted by Crippen LogP contribution is 2.61. The van der Waals surface area contributed by atoms with Crippen LogP contribution in [-0.4, -0.2) is 31.8 Å². The lowest BCUT2D eigenvalue weighted by atomic mass is 9.49. The third-order valence-electron chi connectivity index (χ3n) is 5.75. The van der Waals surface area contributed by atoms with E-state index in [2.05, 4.69) is 5.32 Å². The van der Waals surface area contributed by atoms with E-state index >= 15 is 0 Å². The topological polar surface area (TPSA) is 66.4 Å². The van der Waals surface area contributed by atoms with Crippen LogP contribution in [0.3, 0.4) is 0 Å². The van der Waals surface area contributed by atoms with Crippen molar-refractivity contribution in [2.45, 2.75) is 51.4 Å². The minimum atomic E-state index is -3.79. The zero-order valence-corrected chi connectivity index (χ0v) is 13.0. The van der Waals surface area contributed by atoms with E-state index in [1.165, 1.54) is 44.9 Å². The molecule has 0 amide bonds. The van der Waals surface area contributed by atoms with Gasteiger partial charge >= 0.3 is 0 Å². The lowest BCUT2D eigenvalue weighted by Gasteiger charge is -2.57. The van der Waals surface area contributed by atoms with Gasteiger partial charge in [-0.2, -0.15) is 8.42 Å². The first-order chi connectivity index (χ1) is 9.44. The molecule has 0 unspecified atom stereocenters. The molecule has 4 saturated carbocycles. The third kappa shape index (κ3) is 3.55. The summed E-state index contributed by atoms with van der Waals surface area (Å²) in [4.78, 5) is 0. The standard InChI is InChI=1S/C15H27NO3S/c17-20(18,19)5-1-3-16-4-2-15-9-12-6-13(10-15)8-14(7-12)11-15/h12-14,16H,1-11H2,(H,17,18,19). The summed E-state index contributed by atoms with van der Waals surface area (Å²) in [6.45, 7) is 1.68. The second-order valence-electron chi connectivity index (χ2n) is 7.56. The largest absolute Gasteiger partial charge is 0.317 e. The van der Waals surface area contributed by atoms with Gasteiger partial charge in [-0.15, -0.1) is 0 Å². The Morgan fingerprint density at radius 1 is 1.00 bits per heavy atom. The lowest BCUT2D eigenvalue weighted by molar-refractivity contribution is -0.0567. The normalized spacial score (nSPS) is 39.4. The summed E-state index contributed by atoms with van der Waals surface area (Å²) in [5.74, 6) is 2.87. The molecule has 0 aromatic rings. The highest BCUT2D eigenvalue weighted by atomic mass is 32.2. The van der Waals surface area contributed by atoms with Crippen molar-refractivity contribution in [3.8, 4) is 0 Å². The molecule has 4 nitrogen and oxygen atoms in total. The molecule has 0 atom stereocenters. The molecule has 0 heterocycles. The average molecular weight is 301 g/mol. The summed E-state index contributed by atoms with van der Waals surface area (Å²) in [5.41, 5.74) is 0.602. The Kier molecular flexibility index (Phi) is 4.13. The van der Waals surface area contributed by atoms with Gasteiger partial charge in [-0.1, -0.05) is 0 Å². The zero-order valence-electron chi connectivity index (χ0n) is 12.2. The predicted molar refractivity (Wildman–Crippen MR) is 79.1 cm³/mol. The van der Waals surface area contributed by atoms with Crippen LogP contribution in [0.1, 0.15) is 51.4 Å². The molecule has 2 N–H and O–H groups in total. The van der Waals surface area contributed by atoms with Gasteiger partial charge in [0.1, 0.15) is 0 Å². The van der Waals surface area contributed by atoms with E-state index in [4.69, 9.17) is 4.55 Å². The highest BCUT2D eigenvalue weighted by molar-refractivity contribution is 7.85. The van der Waals surface area contributed by atoms with Gasteiger partial charge in [0.25, 0.3) is 10.1 Å². The molecule has 116 valence electrons. The van der Waals surface area contributed by atoms with E-state index in [-0.39, 0.29) is 5.75 Å². The molecule has 4 aliphatic rings. The molecule has 20 heavy (non-hydrogen) atoms. The van der Waals surface area contributed by atoms with E-state index in [0.717, 1.165) is 24.3 Å². The molecule has 0 aliphatic heterocycles. The Morgan fingerprint density at radius 2 is 1.55 bits per heavy atom. The first kappa shape index (κ1) is 14.8. The van der Waals surface area contributed by atoms with Gasteiger partial charge < -0.3 is 5.32 Å². The molecule has 4 fully saturated rings. The Bertz CT molecular complexity index is 411. The molecule has 4 rings (SSSR count). The Morgan fingerprint density at radius 3 is 2.05 bits per heavy atom. The molecule has 0 aromatic carbocycles. The first-order valence-electron chi connectivity index (χ1n) is 8.10. The monoisotopic (exact) mass is 301 g/mol. The molecule has 4 bridgehead atoms. The Balaban J connectivity index is 1.38. The van der Waals surface area contributed by atoms with Crippen LogP contribution in [0.5, 0.6) is 0 Å². The Labute approximate surface area is 122 Å². The van der Waals surface area contributed by atoms with E-state index in [1.54, 1.807) is 0 Å². The van der Waals surface area contributed by atoms with Gasteiger partial charge in [0.05, 0.1) is 5.75 Å². The minimum absolute atomic E-state index is 0.128. The van der Waals surface area contributed by atoms with Crippen LogP contribution in [0.15, 0.2) is 0 Å². The lowest BCUT2D eigenvalue weighted by Crippen LogP contribution is -2.47. The van der Waals surface area contributed by atoms with Crippen LogP contribution in [0.2, 0.25) is 0 Å². The maximum Gasteiger partial charge on any atom is 0.264 e. The Hall–Kier alpha value is -0.130. The average Bonchev–Trinajstić information content (AvgIpc) is 2.30. The van der Waals surface area contributed by atoms with Crippen molar-refractivity contribution in [1.82, 2.24) is 5.32 Å². The van der Waals surface area contributed by atoms with Crippen LogP contribution in [0.25, 0.3) is 0 Å². The summed E-state index contributed by atoms with van der Waals surface area (Å²) in [6.07, 6.45) is 10.5. The van der Waals surface area contributed by atoms with Gasteiger partial charge in [0, 0.05) is 0 Å². The van der Waals surface area contributed by atoms with Gasteiger partial charge in [-0.05, 0) is 87.6 Å². The molecule has 5 heteroatoms. The van der Waals surface area contributed by atoms with Crippen molar-refractivity contribution in [3.63, 3.8) is 0 Å². The van der Waals surface area contributed by atoms with Crippen molar-refractivity contribution in [2.75, 3.05) is 18.8 Å². The molecule has 0 aromatic heterocycles. The second kappa shape index (κ2) is 5.58. The van der Waals surface area contributed by atoms with E-state index in [0.29, 0.717) is 18.4 Å². The molecule has 0 spiro atoms. The number of nitrogens with one attached hydrogen (secondary N) is 1. The smallest absolute Gasteiger partial charge is 0.264 e. The summed E-state index contributed by atoms with van der Waals surface area (Å²) < 4.78 is 29.9. The first-order valence-corrected chi connectivity index (χ1v) is 9.71. The van der Waals surface area contributed by atoms with Gasteiger partial charge in [-0.25, -0.2) is 0 Å². The fraction of sp³-hybridized carbons (Fsp3) is 1.00. The van der Waals surface area contributed by atoms with Crippen LogP contribution in [0, 0.1) is 23.2 Å². The fourth-order valence-electron chi connectivity index (χ4n) is 5.45. The van der Waals surface area contributed by atoms with Crippen LogP contribution < -0.4 is 5.32 Å². The minimum Gasteiger partial charge on any atom is -0.317 e. The maximum atomic E-state index is 10.6. The van der Waals surface area contributed by atoms with Crippen molar-refractivity contribution < 1.29 is 13.0 Å². The van der Waals surface area contributed by atoms with Crippen molar-refractivity contribution >= 4 is 10.1 Å². The second-order valence-corrected chi connectivity index (χ2v) is 9.13. The van der Waals surface area contributed by atoms with Crippen molar-refractivity contribution in [3.05, 3.63) is 0 Å². The third-order valence-corrected chi connectivity index (χ3v) is 6.56. The van der Waals surface area contributed by atoms with Gasteiger partial charge in [0.15, 0.2) is 0 Å². The SMILES string of the molecule is O=S(=O)(O)CCCNCCC12CC3CC(CC(C3)C1)C2. The molecular weight excluding hydrogens is 274 g/mol. The number of rotatable bonds is 7. The molecule has 0 radical (unpaired) electrons. The van der Waals surface area contributed by atoms with Crippen molar-refractivity contribution in [1.29, 1.82) is 0 Å². The molecule has 0 saturated heterocycles. The summed E-state index contributed by atoms with van der Waals surface area (Å²) in [7, 11) is -3.79. The quantitative estimate of drug-likeness (QED) is 0.560. The van der Waals surface area contributed by atoms with E-state index < -0.39 is 10.1 Å². The fourth-order valence-corrected chi connectivity index (χ4v) is 5.96. The van der Waals surface area contributed by atoms with E-state index in [9.17, 15) is 8.42 Å². The number of hydrogen-bond donors (Lipinski definition) is 2.